The molecule has 2 aromatic carbocycles. The monoisotopic (exact) mass is 436 g/mol. The zero-order valence-corrected chi connectivity index (χ0v) is 17.0. The second-order valence-electron chi connectivity index (χ2n) is 8.26. The van der Waals surface area contributed by atoms with E-state index in [1.807, 2.05) is 0 Å². The molecule has 0 saturated carbocycles. The van der Waals surface area contributed by atoms with Gasteiger partial charge in [-0.3, -0.25) is 9.59 Å². The predicted octanol–water partition coefficient (Wildman–Crippen LogP) is 2.17. The summed E-state index contributed by atoms with van der Waals surface area (Å²) in [6, 6.07) is 17.0. The van der Waals surface area contributed by atoms with Crippen LogP contribution in [0.4, 0.5) is 0 Å². The number of cyclic esters (lactones) is 2. The summed E-state index contributed by atoms with van der Waals surface area (Å²) in [6.07, 6.45) is -0.358. The molecule has 0 N–H and O–H groups in total. The Hall–Kier alpha value is -3.52. The number of rotatable bonds is 6. The van der Waals surface area contributed by atoms with Crippen molar-refractivity contribution >= 4 is 23.9 Å². The quantitative estimate of drug-likeness (QED) is 0.385. The Balaban J connectivity index is 1.31. The topological polar surface area (TPSA) is 105 Å². The first-order valence-corrected chi connectivity index (χ1v) is 10.4. The molecule has 3 heterocycles. The van der Waals surface area contributed by atoms with Crippen molar-refractivity contribution in [1.29, 1.82) is 0 Å². The van der Waals surface area contributed by atoms with Gasteiger partial charge < -0.3 is 18.9 Å². The molecule has 3 aliphatic rings. The van der Waals surface area contributed by atoms with Crippen molar-refractivity contribution in [3.05, 3.63) is 71.8 Å². The lowest BCUT2D eigenvalue weighted by Gasteiger charge is -2.31. The normalized spacial score (nSPS) is 30.0. The van der Waals surface area contributed by atoms with Crippen LogP contribution in [0.15, 0.2) is 60.7 Å². The maximum atomic E-state index is 12.4. The molecule has 8 heteroatoms. The van der Waals surface area contributed by atoms with Gasteiger partial charge in [0.25, 0.3) is 0 Å². The van der Waals surface area contributed by atoms with E-state index in [4.69, 9.17) is 18.9 Å². The van der Waals surface area contributed by atoms with E-state index in [1.54, 1.807) is 60.7 Å². The third-order valence-corrected chi connectivity index (χ3v) is 6.35. The third kappa shape index (κ3) is 3.36. The average molecular weight is 436 g/mol. The van der Waals surface area contributed by atoms with Crippen LogP contribution in [-0.2, 0) is 28.5 Å². The van der Waals surface area contributed by atoms with Gasteiger partial charge in [0.05, 0.1) is 23.8 Å². The van der Waals surface area contributed by atoms with Gasteiger partial charge >= 0.3 is 23.9 Å². The number of carbonyl (C=O) groups is 4. The SMILES string of the molecule is O=C(OCC1CC2(COC(=O)c3ccccc3)OC1C1C(=O)OC(=O)C12)c1ccccc1. The molecule has 5 rings (SSSR count). The Morgan fingerprint density at radius 1 is 0.875 bits per heavy atom. The molecule has 32 heavy (non-hydrogen) atoms. The van der Waals surface area contributed by atoms with Gasteiger partial charge in [0.1, 0.15) is 24.0 Å². The molecule has 3 fully saturated rings. The smallest absolute Gasteiger partial charge is 0.338 e. The fraction of sp³-hybridized carbons (Fsp3) is 0.333. The van der Waals surface area contributed by atoms with Gasteiger partial charge in [-0.05, 0) is 30.7 Å². The zero-order chi connectivity index (χ0) is 22.3. The summed E-state index contributed by atoms with van der Waals surface area (Å²) in [7, 11) is 0. The van der Waals surface area contributed by atoms with E-state index >= 15 is 0 Å². The van der Waals surface area contributed by atoms with E-state index in [1.165, 1.54) is 0 Å². The highest BCUT2D eigenvalue weighted by molar-refractivity contribution is 5.98. The van der Waals surface area contributed by atoms with Crippen LogP contribution < -0.4 is 0 Å². The lowest BCUT2D eigenvalue weighted by atomic mass is 9.69. The van der Waals surface area contributed by atoms with Gasteiger partial charge in [0.15, 0.2) is 0 Å². The molecule has 3 saturated heterocycles. The first-order valence-electron chi connectivity index (χ1n) is 10.4. The summed E-state index contributed by atoms with van der Waals surface area (Å²) in [6.45, 7) is -0.193. The molecular weight excluding hydrogens is 416 g/mol. The molecule has 8 nitrogen and oxygen atoms in total. The molecule has 0 spiro atoms. The van der Waals surface area contributed by atoms with Crippen LogP contribution in [0.5, 0.6) is 0 Å². The van der Waals surface area contributed by atoms with Gasteiger partial charge in [0, 0.05) is 5.92 Å². The third-order valence-electron chi connectivity index (χ3n) is 6.35. The molecular formula is C24H20O8. The van der Waals surface area contributed by atoms with Crippen LogP contribution in [0.25, 0.3) is 0 Å². The van der Waals surface area contributed by atoms with Crippen molar-refractivity contribution in [1.82, 2.24) is 0 Å². The van der Waals surface area contributed by atoms with Gasteiger partial charge in [-0.1, -0.05) is 36.4 Å². The summed E-state index contributed by atoms with van der Waals surface area (Å²) in [5.41, 5.74) is -0.407. The fourth-order valence-corrected chi connectivity index (χ4v) is 4.94. The molecule has 2 bridgehead atoms. The molecule has 0 amide bonds. The van der Waals surface area contributed by atoms with Crippen molar-refractivity contribution in [2.75, 3.05) is 13.2 Å². The molecule has 0 aromatic heterocycles. The van der Waals surface area contributed by atoms with Crippen LogP contribution in [0.3, 0.4) is 0 Å². The summed E-state index contributed by atoms with van der Waals surface area (Å²) in [5, 5.41) is 0. The number of esters is 4. The van der Waals surface area contributed by atoms with Crippen LogP contribution >= 0.6 is 0 Å². The van der Waals surface area contributed by atoms with Crippen molar-refractivity contribution in [3.63, 3.8) is 0 Å². The molecule has 5 unspecified atom stereocenters. The van der Waals surface area contributed by atoms with Crippen LogP contribution in [-0.4, -0.2) is 48.8 Å². The summed E-state index contributed by atoms with van der Waals surface area (Å²) in [4.78, 5) is 49.5. The van der Waals surface area contributed by atoms with Gasteiger partial charge in [-0.15, -0.1) is 0 Å². The summed E-state index contributed by atoms with van der Waals surface area (Å²) >= 11 is 0. The summed E-state index contributed by atoms with van der Waals surface area (Å²) < 4.78 is 21.9. The standard InChI is InChI=1S/C24H20O8/c25-20(14-7-3-1-4-8-14)29-12-16-11-24(13-30-21(26)15-9-5-2-6-10-15)18-17(19(16)32-24)22(27)31-23(18)28/h1-10,16-19H,11-13H2. The molecule has 0 aliphatic carbocycles. The summed E-state index contributed by atoms with van der Waals surface area (Å²) in [5.74, 6) is -4.34. The minimum absolute atomic E-state index is 0.0114. The Morgan fingerprint density at radius 3 is 2.09 bits per heavy atom. The molecule has 164 valence electrons. The second-order valence-corrected chi connectivity index (χ2v) is 8.26. The van der Waals surface area contributed by atoms with E-state index in [2.05, 4.69) is 0 Å². The minimum atomic E-state index is -1.19. The molecule has 3 aliphatic heterocycles. The average Bonchev–Trinajstić information content (AvgIpc) is 3.46. The number of fused-ring (bicyclic) bond motifs is 5. The number of hydrogen-bond donors (Lipinski definition) is 0. The van der Waals surface area contributed by atoms with Crippen molar-refractivity contribution < 1.29 is 38.1 Å². The Labute approximate surface area is 183 Å². The highest BCUT2D eigenvalue weighted by Gasteiger charge is 2.72. The maximum absolute atomic E-state index is 12.4. The van der Waals surface area contributed by atoms with E-state index in [0.29, 0.717) is 17.5 Å². The number of benzene rings is 2. The molecule has 0 radical (unpaired) electrons. The van der Waals surface area contributed by atoms with Gasteiger partial charge in [-0.25, -0.2) is 9.59 Å². The van der Waals surface area contributed by atoms with Gasteiger partial charge in [0.2, 0.25) is 0 Å². The largest absolute Gasteiger partial charge is 0.462 e. The highest BCUT2D eigenvalue weighted by Crippen LogP contribution is 2.57. The minimum Gasteiger partial charge on any atom is -0.462 e. The Morgan fingerprint density at radius 2 is 1.47 bits per heavy atom. The fourth-order valence-electron chi connectivity index (χ4n) is 4.94. The first-order chi connectivity index (χ1) is 15.5. The van der Waals surface area contributed by atoms with E-state index in [0.717, 1.165) is 0 Å². The number of ether oxygens (including phenoxy) is 4. The zero-order valence-electron chi connectivity index (χ0n) is 17.0. The van der Waals surface area contributed by atoms with E-state index < -0.39 is 47.4 Å². The first kappa shape index (κ1) is 20.4. The molecule has 5 atom stereocenters. The van der Waals surface area contributed by atoms with E-state index in [-0.39, 0.29) is 19.1 Å². The number of hydrogen-bond acceptors (Lipinski definition) is 8. The molecule has 2 aromatic rings. The van der Waals surface area contributed by atoms with Crippen molar-refractivity contribution in [2.24, 2.45) is 17.8 Å². The Bertz CT molecular complexity index is 1070. The van der Waals surface area contributed by atoms with Crippen molar-refractivity contribution in [2.45, 2.75) is 18.1 Å². The van der Waals surface area contributed by atoms with Crippen LogP contribution in [0, 0.1) is 17.8 Å². The van der Waals surface area contributed by atoms with Crippen molar-refractivity contribution in [3.8, 4) is 0 Å². The lowest BCUT2D eigenvalue weighted by molar-refractivity contribution is -0.160. The van der Waals surface area contributed by atoms with E-state index in [9.17, 15) is 19.2 Å². The predicted molar refractivity (Wildman–Crippen MR) is 107 cm³/mol. The highest BCUT2D eigenvalue weighted by atomic mass is 16.6. The van der Waals surface area contributed by atoms with Crippen LogP contribution in [0.1, 0.15) is 27.1 Å². The van der Waals surface area contributed by atoms with Crippen LogP contribution in [0.2, 0.25) is 0 Å². The maximum Gasteiger partial charge on any atom is 0.338 e. The Kier molecular flexibility index (Phi) is 5.01. The lowest BCUT2D eigenvalue weighted by Crippen LogP contribution is -2.47. The van der Waals surface area contributed by atoms with Gasteiger partial charge in [-0.2, -0.15) is 0 Å². The number of carbonyl (C=O) groups excluding carboxylic acids is 4. The second kappa shape index (κ2) is 7.87.